The molecule has 0 radical (unpaired) electrons. The van der Waals surface area contributed by atoms with Gasteiger partial charge in [-0.05, 0) is 36.5 Å². The summed E-state index contributed by atoms with van der Waals surface area (Å²) < 4.78 is 14.8. The van der Waals surface area contributed by atoms with Crippen LogP contribution in [0.25, 0.3) is 10.1 Å². The average Bonchev–Trinajstić information content (AvgIpc) is 2.79. The van der Waals surface area contributed by atoms with Crippen LogP contribution in [0.4, 0.5) is 4.39 Å². The molecule has 1 unspecified atom stereocenters. The number of carbonyl (C=O) groups excluding carboxylic acids is 1. The van der Waals surface area contributed by atoms with Crippen molar-refractivity contribution in [3.8, 4) is 0 Å². The molecule has 0 spiro atoms. The van der Waals surface area contributed by atoms with E-state index in [0.717, 1.165) is 16.7 Å². The number of rotatable bonds is 1. The third-order valence-electron chi connectivity index (χ3n) is 4.70. The quantitative estimate of drug-likeness (QED) is 0.873. The van der Waals surface area contributed by atoms with E-state index in [2.05, 4.69) is 13.8 Å². The van der Waals surface area contributed by atoms with Gasteiger partial charge in [0.2, 0.25) is 0 Å². The van der Waals surface area contributed by atoms with Crippen LogP contribution in [0.2, 0.25) is 0 Å². The van der Waals surface area contributed by atoms with Gasteiger partial charge in [-0.2, -0.15) is 0 Å². The van der Waals surface area contributed by atoms with Gasteiger partial charge in [-0.3, -0.25) is 4.79 Å². The van der Waals surface area contributed by atoms with Gasteiger partial charge in [0.25, 0.3) is 5.91 Å². The van der Waals surface area contributed by atoms with Crippen LogP contribution in [0.1, 0.15) is 35.5 Å². The summed E-state index contributed by atoms with van der Waals surface area (Å²) in [5.74, 6) is -0.260. The summed E-state index contributed by atoms with van der Waals surface area (Å²) >= 11 is 1.38. The van der Waals surface area contributed by atoms with Crippen LogP contribution in [-0.2, 0) is 0 Å². The third kappa shape index (κ3) is 2.42. The fourth-order valence-corrected chi connectivity index (χ4v) is 4.34. The Morgan fingerprint density at radius 2 is 2.18 bits per heavy atom. The fourth-order valence-electron chi connectivity index (χ4n) is 3.15. The zero-order chi connectivity index (χ0) is 16.1. The molecule has 3 nitrogen and oxygen atoms in total. The zero-order valence-electron chi connectivity index (χ0n) is 13.1. The third-order valence-corrected chi connectivity index (χ3v) is 5.94. The number of amides is 1. The molecule has 1 aliphatic heterocycles. The Hall–Kier alpha value is -1.46. The van der Waals surface area contributed by atoms with Crippen molar-refractivity contribution in [1.82, 2.24) is 4.90 Å². The highest BCUT2D eigenvalue weighted by atomic mass is 32.1. The van der Waals surface area contributed by atoms with Crippen molar-refractivity contribution >= 4 is 27.3 Å². The molecule has 0 saturated carbocycles. The van der Waals surface area contributed by atoms with E-state index in [0.29, 0.717) is 23.4 Å². The molecule has 2 aromatic rings. The molecule has 0 bridgehead atoms. The van der Waals surface area contributed by atoms with Crippen LogP contribution < -0.4 is 5.73 Å². The van der Waals surface area contributed by atoms with Crippen molar-refractivity contribution in [2.45, 2.75) is 33.2 Å². The van der Waals surface area contributed by atoms with E-state index in [4.69, 9.17) is 5.73 Å². The molecule has 1 fully saturated rings. The lowest BCUT2D eigenvalue weighted by molar-refractivity contribution is 0.0537. The van der Waals surface area contributed by atoms with Crippen molar-refractivity contribution in [3.63, 3.8) is 0 Å². The number of piperidine rings is 1. The monoisotopic (exact) mass is 320 g/mol. The van der Waals surface area contributed by atoms with Gasteiger partial charge in [-0.1, -0.05) is 19.9 Å². The molecule has 2 heterocycles. The topological polar surface area (TPSA) is 46.3 Å². The van der Waals surface area contributed by atoms with Crippen molar-refractivity contribution in [3.05, 3.63) is 34.5 Å². The van der Waals surface area contributed by atoms with Gasteiger partial charge in [0.05, 0.1) is 4.88 Å². The van der Waals surface area contributed by atoms with Gasteiger partial charge >= 0.3 is 0 Å². The highest BCUT2D eigenvalue weighted by Gasteiger charge is 2.36. The van der Waals surface area contributed by atoms with Crippen LogP contribution in [0.5, 0.6) is 0 Å². The molecule has 1 saturated heterocycles. The smallest absolute Gasteiger partial charge is 0.264 e. The Bertz CT molecular complexity index is 738. The molecule has 0 aliphatic carbocycles. The number of halogens is 1. The molecule has 1 aromatic carbocycles. The van der Waals surface area contributed by atoms with E-state index in [1.807, 2.05) is 17.9 Å². The first-order valence-electron chi connectivity index (χ1n) is 7.54. The lowest BCUT2D eigenvalue weighted by Gasteiger charge is -2.42. The number of benzene rings is 1. The van der Waals surface area contributed by atoms with E-state index in [1.54, 1.807) is 6.07 Å². The lowest BCUT2D eigenvalue weighted by Crippen LogP contribution is -2.53. The Labute approximate surface area is 133 Å². The maximum absolute atomic E-state index is 14.0. The molecule has 118 valence electrons. The minimum Gasteiger partial charge on any atom is -0.337 e. The first-order valence-corrected chi connectivity index (χ1v) is 8.35. The SMILES string of the molecule is Cc1c(C(=O)N2CCC(N)C(C)(C)C2)sc2cccc(F)c12. The van der Waals surface area contributed by atoms with E-state index in [1.165, 1.54) is 17.4 Å². The minimum atomic E-state index is -0.258. The number of fused-ring (bicyclic) bond motifs is 1. The minimum absolute atomic E-state index is 0.00178. The molecule has 5 heteroatoms. The van der Waals surface area contributed by atoms with Crippen LogP contribution >= 0.6 is 11.3 Å². The van der Waals surface area contributed by atoms with Gasteiger partial charge in [-0.15, -0.1) is 11.3 Å². The Kier molecular flexibility index (Phi) is 3.73. The van der Waals surface area contributed by atoms with Crippen molar-refractivity contribution in [2.24, 2.45) is 11.1 Å². The van der Waals surface area contributed by atoms with Crippen LogP contribution in [0, 0.1) is 18.2 Å². The molecule has 22 heavy (non-hydrogen) atoms. The van der Waals surface area contributed by atoms with Crippen LogP contribution in [0.3, 0.4) is 0 Å². The fraction of sp³-hybridized carbons (Fsp3) is 0.471. The largest absolute Gasteiger partial charge is 0.337 e. The number of nitrogens with zero attached hydrogens (tertiary/aromatic N) is 1. The molecule has 1 atom stereocenters. The Morgan fingerprint density at radius 3 is 2.82 bits per heavy atom. The average molecular weight is 320 g/mol. The van der Waals surface area contributed by atoms with E-state index in [-0.39, 0.29) is 23.2 Å². The lowest BCUT2D eigenvalue weighted by atomic mass is 9.79. The maximum atomic E-state index is 14.0. The molecule has 2 N–H and O–H groups in total. The number of carbonyl (C=O) groups is 1. The van der Waals surface area contributed by atoms with E-state index < -0.39 is 0 Å². The van der Waals surface area contributed by atoms with Crippen molar-refractivity contribution in [2.75, 3.05) is 13.1 Å². The van der Waals surface area contributed by atoms with E-state index >= 15 is 0 Å². The molecule has 1 aromatic heterocycles. The van der Waals surface area contributed by atoms with Crippen molar-refractivity contribution in [1.29, 1.82) is 0 Å². The first-order chi connectivity index (χ1) is 10.3. The molecule has 1 amide bonds. The summed E-state index contributed by atoms with van der Waals surface area (Å²) in [6.07, 6.45) is 0.803. The van der Waals surface area contributed by atoms with Crippen molar-refractivity contribution < 1.29 is 9.18 Å². The number of aryl methyl sites for hydroxylation is 1. The van der Waals surface area contributed by atoms with E-state index in [9.17, 15) is 9.18 Å². The second kappa shape index (κ2) is 5.32. The number of thiophene rings is 1. The standard InChI is InChI=1S/C17H21FN2OS/c1-10-14-11(18)5-4-6-12(14)22-15(10)16(21)20-8-7-13(19)17(2,3)9-20/h4-6,13H,7-9,19H2,1-3H3. The summed E-state index contributed by atoms with van der Waals surface area (Å²) in [6, 6.07) is 5.10. The highest BCUT2D eigenvalue weighted by molar-refractivity contribution is 7.21. The highest BCUT2D eigenvalue weighted by Crippen LogP contribution is 2.35. The predicted molar refractivity (Wildman–Crippen MR) is 88.8 cm³/mol. The zero-order valence-corrected chi connectivity index (χ0v) is 14.0. The van der Waals surface area contributed by atoms with Crippen LogP contribution in [-0.4, -0.2) is 29.9 Å². The normalized spacial score (nSPS) is 21.3. The number of hydrogen-bond donors (Lipinski definition) is 1. The molecule has 3 rings (SSSR count). The number of hydrogen-bond acceptors (Lipinski definition) is 3. The predicted octanol–water partition coefficient (Wildman–Crippen LogP) is 3.55. The molecular weight excluding hydrogens is 299 g/mol. The number of likely N-dealkylation sites (tertiary alicyclic amines) is 1. The second-order valence-corrected chi connectivity index (χ2v) is 7.83. The van der Waals surface area contributed by atoms with Gasteiger partial charge < -0.3 is 10.6 Å². The van der Waals surface area contributed by atoms with Gasteiger partial charge in [0.15, 0.2) is 0 Å². The van der Waals surface area contributed by atoms with Crippen LogP contribution in [0.15, 0.2) is 18.2 Å². The first kappa shape index (κ1) is 15.4. The summed E-state index contributed by atoms with van der Waals surface area (Å²) in [5.41, 5.74) is 6.79. The maximum Gasteiger partial charge on any atom is 0.264 e. The second-order valence-electron chi connectivity index (χ2n) is 6.78. The Balaban J connectivity index is 1.96. The summed E-state index contributed by atoms with van der Waals surface area (Å²) in [7, 11) is 0. The molecule has 1 aliphatic rings. The summed E-state index contributed by atoms with van der Waals surface area (Å²) in [4.78, 5) is 15.4. The summed E-state index contributed by atoms with van der Waals surface area (Å²) in [5, 5.41) is 0.573. The van der Waals surface area contributed by atoms with Gasteiger partial charge in [0, 0.05) is 29.2 Å². The number of nitrogens with two attached hydrogens (primary N) is 1. The molecular formula is C17H21FN2OS. The summed E-state index contributed by atoms with van der Waals surface area (Å²) in [6.45, 7) is 7.32. The van der Waals surface area contributed by atoms with Gasteiger partial charge in [0.1, 0.15) is 5.82 Å². The van der Waals surface area contributed by atoms with Gasteiger partial charge in [-0.25, -0.2) is 4.39 Å². The Morgan fingerprint density at radius 1 is 1.45 bits per heavy atom.